The predicted octanol–water partition coefficient (Wildman–Crippen LogP) is 4.98. The number of carbonyl (C=O) groups is 1. The number of halogens is 1. The zero-order valence-corrected chi connectivity index (χ0v) is 17.6. The third kappa shape index (κ3) is 4.07. The average molecular weight is 438 g/mol. The van der Waals surface area contributed by atoms with Crippen molar-refractivity contribution >= 4 is 22.1 Å². The zero-order chi connectivity index (χ0) is 19.8. The van der Waals surface area contributed by atoms with Crippen LogP contribution in [0.1, 0.15) is 46.1 Å². The van der Waals surface area contributed by atoms with Gasteiger partial charge in [-0.2, -0.15) is 5.26 Å². The molecule has 1 aromatic rings. The van der Waals surface area contributed by atoms with Gasteiger partial charge in [0.1, 0.15) is 15.8 Å². The molecule has 0 radical (unpaired) electrons. The highest BCUT2D eigenvalue weighted by Gasteiger charge is 2.51. The van der Waals surface area contributed by atoms with E-state index in [-0.39, 0.29) is 11.8 Å². The van der Waals surface area contributed by atoms with Gasteiger partial charge in [-0.1, -0.05) is 13.0 Å². The fraction of sp³-hybridized carbons (Fsp3) is 0.600. The molecule has 3 atom stereocenters. The Labute approximate surface area is 167 Å². The largest absolute Gasteiger partial charge is 0.514 e. The number of carbonyl (C=O) groups excluding carboxylic acids is 1. The van der Waals surface area contributed by atoms with Gasteiger partial charge in [-0.25, -0.2) is 4.79 Å². The molecule has 3 rings (SSSR count). The molecule has 146 valence electrons. The lowest BCUT2D eigenvalue weighted by Crippen LogP contribution is -2.44. The Morgan fingerprint density at radius 1 is 1.44 bits per heavy atom. The molecule has 27 heavy (non-hydrogen) atoms. The number of ether oxygens (including phenoxy) is 4. The van der Waals surface area contributed by atoms with Gasteiger partial charge in [0.25, 0.3) is 0 Å². The quantitative estimate of drug-likeness (QED) is 0.479. The number of nitriles is 1. The van der Waals surface area contributed by atoms with Crippen LogP contribution in [0.4, 0.5) is 4.79 Å². The minimum absolute atomic E-state index is 0.0904. The molecule has 0 aromatic heterocycles. The first kappa shape index (κ1) is 20.0. The van der Waals surface area contributed by atoms with Crippen molar-refractivity contribution in [1.29, 1.82) is 5.26 Å². The summed E-state index contributed by atoms with van der Waals surface area (Å²) < 4.78 is 23.5. The number of hydrogen-bond acceptors (Lipinski definition) is 6. The molecule has 6 nitrogen and oxygen atoms in total. The summed E-state index contributed by atoms with van der Waals surface area (Å²) in [6.45, 7) is 7.91. The third-order valence-corrected chi connectivity index (χ3v) is 5.79. The fourth-order valence-electron chi connectivity index (χ4n) is 3.52. The molecule has 0 saturated carbocycles. The van der Waals surface area contributed by atoms with Crippen LogP contribution in [0, 0.1) is 23.2 Å². The summed E-state index contributed by atoms with van der Waals surface area (Å²) in [6.07, 6.45) is 1.18. The van der Waals surface area contributed by atoms with Crippen LogP contribution in [-0.2, 0) is 15.9 Å². The molecular formula is C20H24BrNO5. The summed E-state index contributed by atoms with van der Waals surface area (Å²) in [7, 11) is 0. The van der Waals surface area contributed by atoms with E-state index in [0.29, 0.717) is 29.0 Å². The Kier molecular flexibility index (Phi) is 5.42. The van der Waals surface area contributed by atoms with Crippen molar-refractivity contribution in [2.75, 3.05) is 6.61 Å². The summed E-state index contributed by atoms with van der Waals surface area (Å²) in [4.78, 5) is 12.0. The number of nitrogens with zero attached hydrogens (tertiary/aromatic N) is 1. The highest BCUT2D eigenvalue weighted by atomic mass is 79.9. The van der Waals surface area contributed by atoms with Crippen molar-refractivity contribution in [3.63, 3.8) is 0 Å². The Morgan fingerprint density at radius 2 is 2.19 bits per heavy atom. The van der Waals surface area contributed by atoms with E-state index in [9.17, 15) is 4.79 Å². The van der Waals surface area contributed by atoms with Gasteiger partial charge in [0, 0.05) is 24.7 Å². The van der Waals surface area contributed by atoms with Gasteiger partial charge in [0.15, 0.2) is 5.75 Å². The molecule has 0 amide bonds. The molecule has 2 aliphatic heterocycles. The summed E-state index contributed by atoms with van der Waals surface area (Å²) in [6, 6.07) is 5.84. The first-order valence-corrected chi connectivity index (χ1v) is 9.86. The maximum absolute atomic E-state index is 12.0. The van der Waals surface area contributed by atoms with Crippen LogP contribution in [0.15, 0.2) is 16.6 Å². The Hall–Kier alpha value is -1.78. The number of rotatable bonds is 2. The fourth-order valence-corrected chi connectivity index (χ4v) is 4.06. The summed E-state index contributed by atoms with van der Waals surface area (Å²) >= 11 is 3.51. The van der Waals surface area contributed by atoms with Crippen molar-refractivity contribution in [2.24, 2.45) is 11.8 Å². The second-order valence-corrected chi connectivity index (χ2v) is 8.86. The Balaban J connectivity index is 1.82. The number of hydrogen-bond donors (Lipinski definition) is 0. The van der Waals surface area contributed by atoms with Gasteiger partial charge in [0.05, 0.1) is 12.7 Å². The average Bonchev–Trinajstić information content (AvgIpc) is 2.86. The van der Waals surface area contributed by atoms with Crippen LogP contribution >= 0.6 is 15.9 Å². The van der Waals surface area contributed by atoms with Gasteiger partial charge < -0.3 is 18.9 Å². The van der Waals surface area contributed by atoms with E-state index >= 15 is 0 Å². The van der Waals surface area contributed by atoms with E-state index in [2.05, 4.69) is 28.9 Å². The van der Waals surface area contributed by atoms with E-state index in [1.807, 2.05) is 6.07 Å². The molecule has 1 aromatic carbocycles. The van der Waals surface area contributed by atoms with Gasteiger partial charge in [-0.3, -0.25) is 0 Å². The minimum atomic E-state index is -0.770. The van der Waals surface area contributed by atoms with Crippen molar-refractivity contribution in [3.8, 4) is 17.6 Å². The second-order valence-electron chi connectivity index (χ2n) is 8.07. The first-order chi connectivity index (χ1) is 12.6. The molecule has 0 N–H and O–H groups in total. The van der Waals surface area contributed by atoms with Crippen molar-refractivity contribution < 1.29 is 23.7 Å². The molecule has 2 heterocycles. The van der Waals surface area contributed by atoms with Crippen molar-refractivity contribution in [2.45, 2.75) is 58.3 Å². The molecule has 1 spiro atoms. The van der Waals surface area contributed by atoms with E-state index < -0.39 is 17.5 Å². The maximum atomic E-state index is 12.0. The monoisotopic (exact) mass is 437 g/mol. The highest BCUT2D eigenvalue weighted by Crippen LogP contribution is 2.49. The van der Waals surface area contributed by atoms with E-state index in [0.717, 1.165) is 18.4 Å². The normalized spacial score (nSPS) is 26.8. The smallest absolute Gasteiger partial charge is 0.460 e. The minimum Gasteiger partial charge on any atom is -0.460 e. The second kappa shape index (κ2) is 7.33. The number of aryl methyl sites for hydroxylation is 1. The summed E-state index contributed by atoms with van der Waals surface area (Å²) in [5, 5.41) is 9.02. The van der Waals surface area contributed by atoms with Gasteiger partial charge in [-0.15, -0.1) is 0 Å². The Bertz CT molecular complexity index is 782. The SMILES string of the molecule is C[C@@H]1[C@@H](CC#N)CO[C@]12CCc1ccc(OC(=O)OC(C)(C)C)c(Br)c1O2. The lowest BCUT2D eigenvalue weighted by atomic mass is 9.84. The van der Waals surface area contributed by atoms with Gasteiger partial charge in [0.2, 0.25) is 5.79 Å². The lowest BCUT2D eigenvalue weighted by molar-refractivity contribution is -0.181. The van der Waals surface area contributed by atoms with Gasteiger partial charge >= 0.3 is 6.16 Å². The molecule has 7 heteroatoms. The number of benzene rings is 1. The standard InChI is InChI=1S/C20H24BrNO5/c1-12-14(8-10-22)11-24-20(12)9-7-13-5-6-15(16(21)17(13)26-20)25-18(23)27-19(2,3)4/h5-6,12,14H,7-9,11H2,1-4H3/t12-,14+,20+/m1/s1. The van der Waals surface area contributed by atoms with E-state index in [1.165, 1.54) is 0 Å². The predicted molar refractivity (Wildman–Crippen MR) is 102 cm³/mol. The number of fused-ring (bicyclic) bond motifs is 1. The topological polar surface area (TPSA) is 77.8 Å². The molecule has 0 aliphatic carbocycles. The summed E-state index contributed by atoms with van der Waals surface area (Å²) in [5.41, 5.74) is 0.379. The van der Waals surface area contributed by atoms with Crippen LogP contribution < -0.4 is 9.47 Å². The van der Waals surface area contributed by atoms with Gasteiger partial charge in [-0.05, 0) is 54.8 Å². The van der Waals surface area contributed by atoms with Crippen LogP contribution in [0.3, 0.4) is 0 Å². The third-order valence-electron chi connectivity index (χ3n) is 5.04. The molecule has 2 aliphatic rings. The zero-order valence-electron chi connectivity index (χ0n) is 16.0. The van der Waals surface area contributed by atoms with Crippen LogP contribution in [0.2, 0.25) is 0 Å². The summed E-state index contributed by atoms with van der Waals surface area (Å²) in [5.74, 6) is 0.442. The van der Waals surface area contributed by atoms with Crippen LogP contribution in [0.25, 0.3) is 0 Å². The Morgan fingerprint density at radius 3 is 2.85 bits per heavy atom. The molecule has 0 bridgehead atoms. The van der Waals surface area contributed by atoms with E-state index in [1.54, 1.807) is 26.8 Å². The highest BCUT2D eigenvalue weighted by molar-refractivity contribution is 9.10. The molecule has 0 unspecified atom stereocenters. The maximum Gasteiger partial charge on any atom is 0.514 e. The van der Waals surface area contributed by atoms with Crippen molar-refractivity contribution in [3.05, 3.63) is 22.2 Å². The molecule has 1 fully saturated rings. The first-order valence-electron chi connectivity index (χ1n) is 9.07. The lowest BCUT2D eigenvalue weighted by Gasteiger charge is -2.38. The van der Waals surface area contributed by atoms with Crippen molar-refractivity contribution in [1.82, 2.24) is 0 Å². The molecular weight excluding hydrogens is 414 g/mol. The molecule has 1 saturated heterocycles. The van der Waals surface area contributed by atoms with Crippen LogP contribution in [0.5, 0.6) is 11.5 Å². The van der Waals surface area contributed by atoms with Crippen LogP contribution in [-0.4, -0.2) is 24.2 Å². The van der Waals surface area contributed by atoms with E-state index in [4.69, 9.17) is 24.2 Å².